The summed E-state index contributed by atoms with van der Waals surface area (Å²) >= 11 is 0. The summed E-state index contributed by atoms with van der Waals surface area (Å²) in [5, 5.41) is 8.89. The fraction of sp³-hybridized carbons (Fsp3) is 0.312. The van der Waals surface area contributed by atoms with Gasteiger partial charge in [0.25, 0.3) is 0 Å². The minimum Gasteiger partial charge on any atom is -0.497 e. The first-order chi connectivity index (χ1) is 10.0. The highest BCUT2D eigenvalue weighted by molar-refractivity contribution is 5.84. The van der Waals surface area contributed by atoms with Crippen LogP contribution in [0.1, 0.15) is 34.8 Å². The van der Waals surface area contributed by atoms with Crippen LogP contribution in [0.5, 0.6) is 5.75 Å². The second-order valence-electron chi connectivity index (χ2n) is 4.95. The summed E-state index contributed by atoms with van der Waals surface area (Å²) in [6.07, 6.45) is 0. The number of ether oxygens (including phenoxy) is 1. The van der Waals surface area contributed by atoms with Crippen LogP contribution in [0.2, 0.25) is 0 Å². The number of methoxy groups -OCH3 is 1. The molecule has 1 unspecified atom stereocenters. The van der Waals surface area contributed by atoms with Crippen LogP contribution in [0.4, 0.5) is 0 Å². The van der Waals surface area contributed by atoms with E-state index in [1.807, 2.05) is 38.2 Å². The number of furan rings is 1. The van der Waals surface area contributed by atoms with E-state index in [1.54, 1.807) is 13.2 Å². The quantitative estimate of drug-likeness (QED) is 0.885. The molecule has 0 amide bonds. The van der Waals surface area contributed by atoms with Gasteiger partial charge < -0.3 is 14.3 Å². The second kappa shape index (κ2) is 6.45. The summed E-state index contributed by atoms with van der Waals surface area (Å²) in [5.41, 5.74) is 1.12. The molecule has 5 nitrogen and oxygen atoms in total. The summed E-state index contributed by atoms with van der Waals surface area (Å²) in [4.78, 5) is 12.9. The molecule has 0 aliphatic rings. The van der Waals surface area contributed by atoms with Crippen molar-refractivity contribution in [3.8, 4) is 5.75 Å². The predicted octanol–water partition coefficient (Wildman–Crippen LogP) is 3.18. The van der Waals surface area contributed by atoms with Crippen LogP contribution in [0.3, 0.4) is 0 Å². The van der Waals surface area contributed by atoms with Crippen molar-refractivity contribution >= 4 is 5.97 Å². The van der Waals surface area contributed by atoms with Crippen molar-refractivity contribution < 1.29 is 19.1 Å². The average molecular weight is 289 g/mol. The van der Waals surface area contributed by atoms with Crippen molar-refractivity contribution in [3.63, 3.8) is 0 Å². The Balaban J connectivity index is 2.07. The summed E-state index contributed by atoms with van der Waals surface area (Å²) in [6, 6.07) is 11.0. The lowest BCUT2D eigenvalue weighted by Crippen LogP contribution is -2.21. The van der Waals surface area contributed by atoms with Gasteiger partial charge >= 0.3 is 5.97 Å². The van der Waals surface area contributed by atoms with Crippen LogP contribution in [-0.4, -0.2) is 30.1 Å². The van der Waals surface area contributed by atoms with Crippen LogP contribution in [0.25, 0.3) is 0 Å². The number of carboxylic acid groups (broad SMARTS) is 1. The average Bonchev–Trinajstić information content (AvgIpc) is 2.96. The van der Waals surface area contributed by atoms with E-state index in [4.69, 9.17) is 14.3 Å². The van der Waals surface area contributed by atoms with Crippen molar-refractivity contribution in [1.82, 2.24) is 4.90 Å². The first kappa shape index (κ1) is 15.1. The molecule has 1 aromatic heterocycles. The van der Waals surface area contributed by atoms with Crippen LogP contribution in [-0.2, 0) is 6.54 Å². The number of carbonyl (C=O) groups is 1. The SMILES string of the molecule is COc1cccc(CN(C)C(C)c2ccc(C(=O)O)o2)c1. The van der Waals surface area contributed by atoms with Crippen LogP contribution < -0.4 is 4.74 Å². The van der Waals surface area contributed by atoms with Crippen molar-refractivity contribution in [2.45, 2.75) is 19.5 Å². The van der Waals surface area contributed by atoms with Gasteiger partial charge in [0, 0.05) is 6.54 Å². The molecule has 1 N–H and O–H groups in total. The maximum atomic E-state index is 10.8. The number of aromatic carboxylic acids is 1. The lowest BCUT2D eigenvalue weighted by atomic mass is 10.1. The first-order valence-corrected chi connectivity index (χ1v) is 6.67. The molecule has 2 rings (SSSR count). The zero-order chi connectivity index (χ0) is 15.4. The number of rotatable bonds is 6. The Labute approximate surface area is 123 Å². The van der Waals surface area contributed by atoms with E-state index in [1.165, 1.54) is 6.07 Å². The van der Waals surface area contributed by atoms with Crippen molar-refractivity contribution in [2.24, 2.45) is 0 Å². The minimum atomic E-state index is -1.05. The summed E-state index contributed by atoms with van der Waals surface area (Å²) in [6.45, 7) is 2.69. The van der Waals surface area contributed by atoms with Gasteiger partial charge in [-0.05, 0) is 43.8 Å². The van der Waals surface area contributed by atoms with Gasteiger partial charge in [0.15, 0.2) is 0 Å². The number of carboxylic acids is 1. The molecule has 0 radical (unpaired) electrons. The van der Waals surface area contributed by atoms with Gasteiger partial charge in [-0.1, -0.05) is 12.1 Å². The second-order valence-corrected chi connectivity index (χ2v) is 4.95. The van der Waals surface area contributed by atoms with Crippen LogP contribution >= 0.6 is 0 Å². The van der Waals surface area contributed by atoms with E-state index in [0.29, 0.717) is 12.3 Å². The molecule has 0 bridgehead atoms. The largest absolute Gasteiger partial charge is 0.497 e. The topological polar surface area (TPSA) is 62.9 Å². The molecule has 0 fully saturated rings. The van der Waals surface area contributed by atoms with Crippen molar-refractivity contribution in [3.05, 3.63) is 53.5 Å². The van der Waals surface area contributed by atoms with Gasteiger partial charge in [-0.15, -0.1) is 0 Å². The molecule has 1 atom stereocenters. The Morgan fingerprint density at radius 1 is 1.38 bits per heavy atom. The van der Waals surface area contributed by atoms with Crippen LogP contribution in [0, 0.1) is 0 Å². The van der Waals surface area contributed by atoms with Gasteiger partial charge in [0.05, 0.1) is 13.2 Å². The fourth-order valence-electron chi connectivity index (χ4n) is 2.11. The third-order valence-electron chi connectivity index (χ3n) is 3.48. The molecule has 112 valence electrons. The van der Waals surface area contributed by atoms with Crippen molar-refractivity contribution in [2.75, 3.05) is 14.2 Å². The molecular weight excluding hydrogens is 270 g/mol. The maximum Gasteiger partial charge on any atom is 0.371 e. The monoisotopic (exact) mass is 289 g/mol. The maximum absolute atomic E-state index is 10.8. The molecule has 0 saturated carbocycles. The van der Waals surface area contributed by atoms with Gasteiger partial charge in [-0.2, -0.15) is 0 Å². The highest BCUT2D eigenvalue weighted by atomic mass is 16.5. The highest BCUT2D eigenvalue weighted by Crippen LogP contribution is 2.24. The predicted molar refractivity (Wildman–Crippen MR) is 78.5 cm³/mol. The number of hydrogen-bond acceptors (Lipinski definition) is 4. The Morgan fingerprint density at radius 2 is 2.14 bits per heavy atom. The molecule has 1 heterocycles. The van der Waals surface area contributed by atoms with Crippen LogP contribution in [0.15, 0.2) is 40.8 Å². The van der Waals surface area contributed by atoms with Gasteiger partial charge in [0.2, 0.25) is 5.76 Å². The third kappa shape index (κ3) is 3.64. The molecule has 0 spiro atoms. The molecule has 0 aliphatic heterocycles. The van der Waals surface area contributed by atoms with Gasteiger partial charge in [0.1, 0.15) is 11.5 Å². The molecule has 0 saturated heterocycles. The third-order valence-corrected chi connectivity index (χ3v) is 3.48. The Morgan fingerprint density at radius 3 is 2.76 bits per heavy atom. The fourth-order valence-corrected chi connectivity index (χ4v) is 2.11. The number of hydrogen-bond donors (Lipinski definition) is 1. The van der Waals surface area contributed by atoms with Crippen molar-refractivity contribution in [1.29, 1.82) is 0 Å². The first-order valence-electron chi connectivity index (χ1n) is 6.67. The van der Waals surface area contributed by atoms with E-state index in [9.17, 15) is 4.79 Å². The standard InChI is InChI=1S/C16H19NO4/c1-11(14-7-8-15(21-14)16(18)19)17(2)10-12-5-4-6-13(9-12)20-3/h4-9,11H,10H2,1-3H3,(H,18,19). The van der Waals surface area contributed by atoms with Gasteiger partial charge in [-0.3, -0.25) is 4.90 Å². The van der Waals surface area contributed by atoms with E-state index in [0.717, 1.165) is 11.3 Å². The normalized spacial score (nSPS) is 12.4. The summed E-state index contributed by atoms with van der Waals surface area (Å²) < 4.78 is 10.6. The zero-order valence-corrected chi connectivity index (χ0v) is 12.4. The van der Waals surface area contributed by atoms with E-state index in [2.05, 4.69) is 4.90 Å². The van der Waals surface area contributed by atoms with Gasteiger partial charge in [-0.25, -0.2) is 4.79 Å². The lowest BCUT2D eigenvalue weighted by molar-refractivity contribution is 0.0656. The molecule has 5 heteroatoms. The Hall–Kier alpha value is -2.27. The smallest absolute Gasteiger partial charge is 0.371 e. The van der Waals surface area contributed by atoms with E-state index in [-0.39, 0.29) is 11.8 Å². The highest BCUT2D eigenvalue weighted by Gasteiger charge is 2.18. The van der Waals surface area contributed by atoms with E-state index >= 15 is 0 Å². The summed E-state index contributed by atoms with van der Waals surface area (Å²) in [5.74, 6) is 0.369. The molecular formula is C16H19NO4. The number of nitrogens with zero attached hydrogens (tertiary/aromatic N) is 1. The lowest BCUT2D eigenvalue weighted by Gasteiger charge is -2.23. The minimum absolute atomic E-state index is 0.0238. The Kier molecular flexibility index (Phi) is 4.65. The Bertz CT molecular complexity index is 620. The molecule has 1 aromatic carbocycles. The molecule has 21 heavy (non-hydrogen) atoms. The molecule has 0 aliphatic carbocycles. The number of benzene rings is 1. The summed E-state index contributed by atoms with van der Waals surface area (Å²) in [7, 11) is 3.61. The molecule has 2 aromatic rings. The van der Waals surface area contributed by atoms with E-state index < -0.39 is 5.97 Å². The zero-order valence-electron chi connectivity index (χ0n) is 12.4.